The van der Waals surface area contributed by atoms with Gasteiger partial charge in [0.1, 0.15) is 0 Å². The van der Waals surface area contributed by atoms with Gasteiger partial charge in [0.05, 0.1) is 0 Å². The molecule has 0 saturated carbocycles. The summed E-state index contributed by atoms with van der Waals surface area (Å²) in [4.78, 5) is 27.1. The van der Waals surface area contributed by atoms with Crippen molar-refractivity contribution in [3.05, 3.63) is 90.0 Å². The highest BCUT2D eigenvalue weighted by atomic mass is 16.2. The average molecular weight is 415 g/mol. The molecule has 31 heavy (non-hydrogen) atoms. The molecular weight excluding hydrogens is 388 g/mol. The summed E-state index contributed by atoms with van der Waals surface area (Å²) in [6, 6.07) is 24.0. The van der Waals surface area contributed by atoms with Crippen LogP contribution in [0.4, 0.5) is 21.9 Å². The standard InChI is InChI=1S/C25H26N4O2/c30-24(26-18-20-8-4-5-11-23(20)29-16-6-7-17-29)19-12-14-22(15-13-19)28-25(31)27-21-9-2-1-3-10-21/h1-5,8-15H,6-7,16-18H2,(H,26,30)(H2,27,28,31). The largest absolute Gasteiger partial charge is 0.371 e. The normalized spacial score (nSPS) is 13.0. The summed E-state index contributed by atoms with van der Waals surface area (Å²) < 4.78 is 0. The van der Waals surface area contributed by atoms with Gasteiger partial charge in [-0.15, -0.1) is 0 Å². The first-order valence-electron chi connectivity index (χ1n) is 10.5. The number of hydrogen-bond acceptors (Lipinski definition) is 3. The number of nitrogens with one attached hydrogen (secondary N) is 3. The molecule has 0 atom stereocenters. The van der Waals surface area contributed by atoms with E-state index in [1.807, 2.05) is 42.5 Å². The second-order valence-corrected chi connectivity index (χ2v) is 7.53. The summed E-state index contributed by atoms with van der Waals surface area (Å²) >= 11 is 0. The molecule has 1 aliphatic rings. The third kappa shape index (κ3) is 5.42. The van der Waals surface area contributed by atoms with Crippen LogP contribution in [0.3, 0.4) is 0 Å². The van der Waals surface area contributed by atoms with Gasteiger partial charge in [-0.2, -0.15) is 0 Å². The average Bonchev–Trinajstić information content (AvgIpc) is 3.33. The van der Waals surface area contributed by atoms with E-state index in [-0.39, 0.29) is 11.9 Å². The Hall–Kier alpha value is -3.80. The lowest BCUT2D eigenvalue weighted by molar-refractivity contribution is 0.0951. The molecule has 4 rings (SSSR count). The summed E-state index contributed by atoms with van der Waals surface area (Å²) in [7, 11) is 0. The first-order chi connectivity index (χ1) is 15.2. The van der Waals surface area contributed by atoms with E-state index < -0.39 is 0 Å². The summed E-state index contributed by atoms with van der Waals surface area (Å²) in [5.41, 5.74) is 4.19. The Balaban J connectivity index is 1.32. The maximum absolute atomic E-state index is 12.6. The van der Waals surface area contributed by atoms with E-state index in [9.17, 15) is 9.59 Å². The number of hydrogen-bond donors (Lipinski definition) is 3. The number of rotatable bonds is 6. The van der Waals surface area contributed by atoms with Gasteiger partial charge in [0.15, 0.2) is 0 Å². The van der Waals surface area contributed by atoms with Crippen LogP contribution in [-0.2, 0) is 6.54 Å². The molecule has 0 bridgehead atoms. The number of para-hydroxylation sites is 2. The maximum atomic E-state index is 12.6. The lowest BCUT2D eigenvalue weighted by Gasteiger charge is -2.21. The SMILES string of the molecule is O=C(Nc1ccccc1)Nc1ccc(C(=O)NCc2ccccc2N2CCCC2)cc1. The minimum Gasteiger partial charge on any atom is -0.371 e. The van der Waals surface area contributed by atoms with Crippen molar-refractivity contribution in [2.45, 2.75) is 19.4 Å². The number of carbonyl (C=O) groups excluding carboxylic acids is 2. The van der Waals surface area contributed by atoms with Crippen molar-refractivity contribution in [3.8, 4) is 0 Å². The van der Waals surface area contributed by atoms with Crippen LogP contribution in [0.15, 0.2) is 78.9 Å². The van der Waals surface area contributed by atoms with Gasteiger partial charge in [-0.05, 0) is 60.9 Å². The van der Waals surface area contributed by atoms with E-state index in [1.54, 1.807) is 24.3 Å². The van der Waals surface area contributed by atoms with Crippen molar-refractivity contribution in [3.63, 3.8) is 0 Å². The highest BCUT2D eigenvalue weighted by molar-refractivity contribution is 6.00. The van der Waals surface area contributed by atoms with Gasteiger partial charge in [-0.25, -0.2) is 4.79 Å². The predicted molar refractivity (Wildman–Crippen MR) is 125 cm³/mol. The molecule has 158 valence electrons. The summed E-state index contributed by atoms with van der Waals surface area (Å²) in [6.45, 7) is 2.61. The van der Waals surface area contributed by atoms with E-state index in [1.165, 1.54) is 18.5 Å². The Morgan fingerprint density at radius 3 is 2.06 bits per heavy atom. The fraction of sp³-hybridized carbons (Fsp3) is 0.200. The number of benzene rings is 3. The van der Waals surface area contributed by atoms with E-state index >= 15 is 0 Å². The molecule has 0 unspecified atom stereocenters. The predicted octanol–water partition coefficient (Wildman–Crippen LogP) is 4.86. The second-order valence-electron chi connectivity index (χ2n) is 7.53. The molecule has 3 N–H and O–H groups in total. The Kier molecular flexibility index (Phi) is 6.47. The van der Waals surface area contributed by atoms with E-state index in [4.69, 9.17) is 0 Å². The molecular formula is C25H26N4O2. The first kappa shape index (κ1) is 20.5. The van der Waals surface area contributed by atoms with Crippen molar-refractivity contribution < 1.29 is 9.59 Å². The van der Waals surface area contributed by atoms with Gasteiger partial charge < -0.3 is 20.9 Å². The molecule has 0 aromatic heterocycles. The number of urea groups is 1. The van der Waals surface area contributed by atoms with Crippen LogP contribution in [0.25, 0.3) is 0 Å². The number of carbonyl (C=O) groups is 2. The van der Waals surface area contributed by atoms with Gasteiger partial charge >= 0.3 is 6.03 Å². The van der Waals surface area contributed by atoms with Crippen molar-refractivity contribution >= 4 is 29.0 Å². The molecule has 1 saturated heterocycles. The van der Waals surface area contributed by atoms with E-state index in [0.29, 0.717) is 23.5 Å². The molecule has 1 heterocycles. The number of nitrogens with zero attached hydrogens (tertiary/aromatic N) is 1. The summed E-state index contributed by atoms with van der Waals surface area (Å²) in [5.74, 6) is -0.142. The van der Waals surface area contributed by atoms with Crippen molar-refractivity contribution in [2.75, 3.05) is 28.6 Å². The van der Waals surface area contributed by atoms with Gasteiger partial charge in [-0.1, -0.05) is 36.4 Å². The van der Waals surface area contributed by atoms with Crippen LogP contribution in [-0.4, -0.2) is 25.0 Å². The minimum absolute atomic E-state index is 0.142. The quantitative estimate of drug-likeness (QED) is 0.539. The summed E-state index contributed by atoms with van der Waals surface area (Å²) in [5, 5.41) is 8.53. The molecule has 6 nitrogen and oxygen atoms in total. The van der Waals surface area contributed by atoms with Crippen molar-refractivity contribution in [2.24, 2.45) is 0 Å². The third-order valence-electron chi connectivity index (χ3n) is 5.31. The molecule has 3 aromatic carbocycles. The fourth-order valence-electron chi connectivity index (χ4n) is 3.72. The Bertz CT molecular complexity index is 1030. The molecule has 1 aliphatic heterocycles. The third-order valence-corrected chi connectivity index (χ3v) is 5.31. The highest BCUT2D eigenvalue weighted by Gasteiger charge is 2.16. The molecule has 0 spiro atoms. The zero-order valence-corrected chi connectivity index (χ0v) is 17.3. The smallest absolute Gasteiger partial charge is 0.323 e. The van der Waals surface area contributed by atoms with Crippen LogP contribution >= 0.6 is 0 Å². The maximum Gasteiger partial charge on any atom is 0.323 e. The highest BCUT2D eigenvalue weighted by Crippen LogP contribution is 2.24. The van der Waals surface area contributed by atoms with Crippen molar-refractivity contribution in [1.29, 1.82) is 0 Å². The molecule has 6 heteroatoms. The van der Waals surface area contributed by atoms with Crippen LogP contribution < -0.4 is 20.9 Å². The summed E-state index contributed by atoms with van der Waals surface area (Å²) in [6.07, 6.45) is 2.43. The number of anilines is 3. The van der Waals surface area contributed by atoms with Gasteiger partial charge in [0.2, 0.25) is 0 Å². The monoisotopic (exact) mass is 414 g/mol. The second kappa shape index (κ2) is 9.80. The fourth-order valence-corrected chi connectivity index (χ4v) is 3.72. The molecule has 3 amide bonds. The molecule has 3 aromatic rings. The van der Waals surface area contributed by atoms with E-state index in [2.05, 4.69) is 33.0 Å². The van der Waals surface area contributed by atoms with Crippen LogP contribution in [0, 0.1) is 0 Å². The first-order valence-corrected chi connectivity index (χ1v) is 10.5. The van der Waals surface area contributed by atoms with Gasteiger partial charge in [-0.3, -0.25) is 4.79 Å². The van der Waals surface area contributed by atoms with Crippen LogP contribution in [0.1, 0.15) is 28.8 Å². The molecule has 1 fully saturated rings. The van der Waals surface area contributed by atoms with Gasteiger partial charge in [0, 0.05) is 42.3 Å². The van der Waals surface area contributed by atoms with Gasteiger partial charge in [0.25, 0.3) is 5.91 Å². The zero-order chi connectivity index (χ0) is 21.5. The Morgan fingerprint density at radius 1 is 0.742 bits per heavy atom. The Labute approximate surface area is 182 Å². The Morgan fingerprint density at radius 2 is 1.35 bits per heavy atom. The molecule has 0 aliphatic carbocycles. The van der Waals surface area contributed by atoms with Crippen LogP contribution in [0.2, 0.25) is 0 Å². The topological polar surface area (TPSA) is 73.5 Å². The zero-order valence-electron chi connectivity index (χ0n) is 17.3. The number of amides is 3. The van der Waals surface area contributed by atoms with E-state index in [0.717, 1.165) is 18.7 Å². The lowest BCUT2D eigenvalue weighted by Crippen LogP contribution is -2.25. The van der Waals surface area contributed by atoms with Crippen molar-refractivity contribution in [1.82, 2.24) is 5.32 Å². The minimum atomic E-state index is -0.332. The molecule has 0 radical (unpaired) electrons. The van der Waals surface area contributed by atoms with Crippen LogP contribution in [0.5, 0.6) is 0 Å². The lowest BCUT2D eigenvalue weighted by atomic mass is 10.1.